The molecule has 0 unspecified atom stereocenters. The fourth-order valence-electron chi connectivity index (χ4n) is 4.16. The van der Waals surface area contributed by atoms with E-state index >= 15 is 0 Å². The molecular formula is C27H29NO4S. The molecule has 0 atom stereocenters. The van der Waals surface area contributed by atoms with E-state index in [-0.39, 0.29) is 19.1 Å². The number of aryl methyl sites for hydroxylation is 3. The van der Waals surface area contributed by atoms with E-state index in [1.165, 1.54) is 35.3 Å². The van der Waals surface area contributed by atoms with Crippen molar-refractivity contribution in [3.8, 4) is 16.9 Å². The number of carbonyl (C=O) groups excluding carboxylic acids is 2. The predicted molar refractivity (Wildman–Crippen MR) is 132 cm³/mol. The zero-order valence-electron chi connectivity index (χ0n) is 19.3. The van der Waals surface area contributed by atoms with E-state index in [1.54, 1.807) is 6.92 Å². The maximum absolute atomic E-state index is 12.9. The summed E-state index contributed by atoms with van der Waals surface area (Å²) in [4.78, 5) is 25.5. The molecule has 0 bridgehead atoms. The van der Waals surface area contributed by atoms with E-state index in [0.717, 1.165) is 35.1 Å². The Kier molecular flexibility index (Phi) is 7.14. The van der Waals surface area contributed by atoms with Crippen molar-refractivity contribution in [3.05, 3.63) is 69.6 Å². The Labute approximate surface area is 198 Å². The summed E-state index contributed by atoms with van der Waals surface area (Å²) in [6.07, 6.45) is 4.57. The standard InChI is InChI=1S/C27H29NO4S/c1-4-31-27(30)25-22(21-13-12-19-9-5-6-10-20(19)14-21)16-33-26(25)28-24(29)15-32-23-11-7-8-17(2)18(23)3/h7-8,11-14,16H,4-6,9-10,15H2,1-3H3,(H,28,29). The molecule has 6 heteroatoms. The molecule has 2 aromatic carbocycles. The molecule has 1 N–H and O–H groups in total. The summed E-state index contributed by atoms with van der Waals surface area (Å²) in [5, 5.41) is 5.26. The van der Waals surface area contributed by atoms with Gasteiger partial charge in [0.15, 0.2) is 6.61 Å². The van der Waals surface area contributed by atoms with Crippen LogP contribution in [0.25, 0.3) is 11.1 Å². The van der Waals surface area contributed by atoms with E-state index in [0.29, 0.717) is 16.3 Å². The summed E-state index contributed by atoms with van der Waals surface area (Å²) >= 11 is 1.33. The third-order valence-electron chi connectivity index (χ3n) is 6.10. The zero-order chi connectivity index (χ0) is 23.4. The Morgan fingerprint density at radius 2 is 1.85 bits per heavy atom. The third-order valence-corrected chi connectivity index (χ3v) is 6.99. The first-order valence-corrected chi connectivity index (χ1v) is 12.3. The number of fused-ring (bicyclic) bond motifs is 1. The van der Waals surface area contributed by atoms with E-state index in [9.17, 15) is 9.59 Å². The van der Waals surface area contributed by atoms with Crippen molar-refractivity contribution >= 4 is 28.2 Å². The smallest absolute Gasteiger partial charge is 0.341 e. The van der Waals surface area contributed by atoms with Crippen LogP contribution in [0.1, 0.15) is 52.4 Å². The van der Waals surface area contributed by atoms with Crippen LogP contribution in [-0.4, -0.2) is 25.1 Å². The van der Waals surface area contributed by atoms with Crippen LogP contribution in [0.4, 0.5) is 5.00 Å². The second-order valence-corrected chi connectivity index (χ2v) is 9.18. The summed E-state index contributed by atoms with van der Waals surface area (Å²) in [6.45, 7) is 5.87. The van der Waals surface area contributed by atoms with E-state index in [4.69, 9.17) is 9.47 Å². The van der Waals surface area contributed by atoms with Crippen LogP contribution in [-0.2, 0) is 22.4 Å². The van der Waals surface area contributed by atoms with Crippen molar-refractivity contribution < 1.29 is 19.1 Å². The Hall–Kier alpha value is -3.12. The fraction of sp³-hybridized carbons (Fsp3) is 0.333. The highest BCUT2D eigenvalue weighted by atomic mass is 32.1. The van der Waals surface area contributed by atoms with Gasteiger partial charge in [-0.25, -0.2) is 4.79 Å². The molecule has 5 nitrogen and oxygen atoms in total. The number of amides is 1. The van der Waals surface area contributed by atoms with E-state index < -0.39 is 5.97 Å². The van der Waals surface area contributed by atoms with Gasteiger partial charge in [0.05, 0.1) is 6.61 Å². The van der Waals surface area contributed by atoms with Crippen molar-refractivity contribution in [2.24, 2.45) is 0 Å². The lowest BCUT2D eigenvalue weighted by Crippen LogP contribution is -2.21. The van der Waals surface area contributed by atoms with Gasteiger partial charge in [-0.1, -0.05) is 30.3 Å². The second kappa shape index (κ2) is 10.2. The number of ether oxygens (including phenoxy) is 2. The molecule has 1 amide bonds. The van der Waals surface area contributed by atoms with Crippen molar-refractivity contribution in [1.29, 1.82) is 0 Å². The van der Waals surface area contributed by atoms with Crippen LogP contribution in [0.15, 0.2) is 41.8 Å². The maximum atomic E-state index is 12.9. The Bertz CT molecular complexity index is 1180. The third kappa shape index (κ3) is 5.11. The molecule has 172 valence electrons. The van der Waals surface area contributed by atoms with Gasteiger partial charge in [0.2, 0.25) is 0 Å². The van der Waals surface area contributed by atoms with Gasteiger partial charge in [0.1, 0.15) is 16.3 Å². The molecule has 1 aliphatic carbocycles. The molecule has 1 aliphatic rings. The van der Waals surface area contributed by atoms with Crippen LogP contribution < -0.4 is 10.1 Å². The number of esters is 1. The first kappa shape index (κ1) is 23.1. The minimum Gasteiger partial charge on any atom is -0.483 e. The zero-order valence-corrected chi connectivity index (χ0v) is 20.1. The van der Waals surface area contributed by atoms with Gasteiger partial charge in [-0.05, 0) is 80.3 Å². The number of hydrogen-bond donors (Lipinski definition) is 1. The Balaban J connectivity index is 1.57. The van der Waals surface area contributed by atoms with Crippen LogP contribution in [0.5, 0.6) is 5.75 Å². The van der Waals surface area contributed by atoms with Crippen LogP contribution >= 0.6 is 11.3 Å². The molecular weight excluding hydrogens is 434 g/mol. The SMILES string of the molecule is CCOC(=O)c1c(-c2ccc3c(c2)CCCC3)csc1NC(=O)COc1cccc(C)c1C. The quantitative estimate of drug-likeness (QED) is 0.430. The van der Waals surface area contributed by atoms with Gasteiger partial charge >= 0.3 is 5.97 Å². The van der Waals surface area contributed by atoms with Gasteiger partial charge in [-0.3, -0.25) is 4.79 Å². The van der Waals surface area contributed by atoms with Crippen molar-refractivity contribution in [1.82, 2.24) is 0 Å². The number of hydrogen-bond acceptors (Lipinski definition) is 5. The molecule has 0 radical (unpaired) electrons. The lowest BCUT2D eigenvalue weighted by Gasteiger charge is -2.17. The van der Waals surface area contributed by atoms with Crippen molar-refractivity contribution in [2.75, 3.05) is 18.5 Å². The number of carbonyl (C=O) groups is 2. The number of anilines is 1. The second-order valence-electron chi connectivity index (χ2n) is 8.30. The average molecular weight is 464 g/mol. The molecule has 3 aromatic rings. The minimum absolute atomic E-state index is 0.140. The summed E-state index contributed by atoms with van der Waals surface area (Å²) in [5.74, 6) is -0.0748. The lowest BCUT2D eigenvalue weighted by molar-refractivity contribution is -0.118. The minimum atomic E-state index is -0.433. The maximum Gasteiger partial charge on any atom is 0.341 e. The van der Waals surface area contributed by atoms with Crippen molar-refractivity contribution in [3.63, 3.8) is 0 Å². The summed E-state index contributed by atoms with van der Waals surface area (Å²) < 4.78 is 11.1. The van der Waals surface area contributed by atoms with Gasteiger partial charge in [0.25, 0.3) is 5.91 Å². The number of benzene rings is 2. The molecule has 0 fully saturated rings. The molecule has 1 heterocycles. The molecule has 0 spiro atoms. The Morgan fingerprint density at radius 1 is 1.06 bits per heavy atom. The molecule has 0 saturated heterocycles. The monoisotopic (exact) mass is 463 g/mol. The number of rotatable bonds is 7. The van der Waals surface area contributed by atoms with Gasteiger partial charge in [-0.15, -0.1) is 11.3 Å². The molecule has 0 saturated carbocycles. The molecule has 4 rings (SSSR count). The van der Waals surface area contributed by atoms with Gasteiger partial charge < -0.3 is 14.8 Å². The van der Waals surface area contributed by atoms with Gasteiger partial charge in [0, 0.05) is 10.9 Å². The topological polar surface area (TPSA) is 64.6 Å². The first-order chi connectivity index (χ1) is 16.0. The Morgan fingerprint density at radius 3 is 2.64 bits per heavy atom. The van der Waals surface area contributed by atoms with Crippen LogP contribution in [0.3, 0.4) is 0 Å². The van der Waals surface area contributed by atoms with Crippen LogP contribution in [0, 0.1) is 13.8 Å². The van der Waals surface area contributed by atoms with E-state index in [2.05, 4.69) is 23.5 Å². The highest BCUT2D eigenvalue weighted by Crippen LogP contribution is 2.38. The van der Waals surface area contributed by atoms with Crippen LogP contribution in [0.2, 0.25) is 0 Å². The van der Waals surface area contributed by atoms with Crippen molar-refractivity contribution in [2.45, 2.75) is 46.5 Å². The highest BCUT2D eigenvalue weighted by molar-refractivity contribution is 7.15. The summed E-state index contributed by atoms with van der Waals surface area (Å²) in [6, 6.07) is 12.1. The largest absolute Gasteiger partial charge is 0.483 e. The molecule has 33 heavy (non-hydrogen) atoms. The molecule has 1 aromatic heterocycles. The predicted octanol–water partition coefficient (Wildman–Crippen LogP) is 6.10. The first-order valence-electron chi connectivity index (χ1n) is 11.4. The number of nitrogens with one attached hydrogen (secondary N) is 1. The normalized spacial score (nSPS) is 12.7. The fourth-order valence-corrected chi connectivity index (χ4v) is 5.13. The van der Waals surface area contributed by atoms with Gasteiger partial charge in [-0.2, -0.15) is 0 Å². The lowest BCUT2D eigenvalue weighted by atomic mass is 9.89. The number of thiophene rings is 1. The molecule has 0 aliphatic heterocycles. The highest BCUT2D eigenvalue weighted by Gasteiger charge is 2.24. The van der Waals surface area contributed by atoms with E-state index in [1.807, 2.05) is 37.4 Å². The average Bonchev–Trinajstić information content (AvgIpc) is 3.23. The summed E-state index contributed by atoms with van der Waals surface area (Å²) in [5.41, 5.74) is 6.99. The summed E-state index contributed by atoms with van der Waals surface area (Å²) in [7, 11) is 0.